The third kappa shape index (κ3) is 1.29. The SMILES string of the molecule is [NH3+]c1cccc([N+](=O)[O-])c1. The van der Waals surface area contributed by atoms with Gasteiger partial charge in [0.2, 0.25) is 0 Å². The van der Waals surface area contributed by atoms with E-state index in [1.165, 1.54) is 12.1 Å². The summed E-state index contributed by atoms with van der Waals surface area (Å²) in [4.78, 5) is 9.70. The van der Waals surface area contributed by atoms with Crippen LogP contribution in [0.3, 0.4) is 0 Å². The van der Waals surface area contributed by atoms with E-state index in [4.69, 9.17) is 0 Å². The highest BCUT2D eigenvalue weighted by atomic mass is 16.6. The Morgan fingerprint density at radius 2 is 2.20 bits per heavy atom. The lowest BCUT2D eigenvalue weighted by Crippen LogP contribution is -2.39. The maximum absolute atomic E-state index is 10.1. The molecule has 0 heterocycles. The second-order valence-corrected chi connectivity index (χ2v) is 1.93. The molecule has 0 fully saturated rings. The summed E-state index contributed by atoms with van der Waals surface area (Å²) < 4.78 is 0. The molecule has 0 atom stereocenters. The zero-order valence-electron chi connectivity index (χ0n) is 5.28. The zero-order chi connectivity index (χ0) is 7.56. The first-order valence-corrected chi connectivity index (χ1v) is 2.76. The van der Waals surface area contributed by atoms with Crippen LogP contribution in [0.25, 0.3) is 0 Å². The zero-order valence-corrected chi connectivity index (χ0v) is 5.28. The fourth-order valence-electron chi connectivity index (χ4n) is 0.670. The van der Waals surface area contributed by atoms with Crippen LogP contribution in [-0.2, 0) is 0 Å². The van der Waals surface area contributed by atoms with E-state index < -0.39 is 4.92 Å². The van der Waals surface area contributed by atoms with Gasteiger partial charge in [-0.25, -0.2) is 0 Å². The largest absolute Gasteiger partial charge is 0.325 e. The number of nitrogens with zero attached hydrogens (tertiary/aromatic N) is 1. The van der Waals surface area contributed by atoms with Gasteiger partial charge in [-0.2, -0.15) is 0 Å². The molecule has 0 saturated carbocycles. The summed E-state index contributed by atoms with van der Waals surface area (Å²) in [6, 6.07) is 6.20. The summed E-state index contributed by atoms with van der Waals surface area (Å²) in [6.45, 7) is 0. The Kier molecular flexibility index (Phi) is 1.64. The fourth-order valence-corrected chi connectivity index (χ4v) is 0.670. The Labute approximate surface area is 57.4 Å². The van der Waals surface area contributed by atoms with E-state index >= 15 is 0 Å². The molecule has 0 amide bonds. The Morgan fingerprint density at radius 1 is 1.50 bits per heavy atom. The third-order valence-corrected chi connectivity index (χ3v) is 1.12. The molecular weight excluding hydrogens is 132 g/mol. The molecule has 3 N–H and O–H groups in total. The van der Waals surface area contributed by atoms with Gasteiger partial charge in [0, 0.05) is 6.07 Å². The topological polar surface area (TPSA) is 70.8 Å². The van der Waals surface area contributed by atoms with E-state index in [1.54, 1.807) is 12.1 Å². The Balaban J connectivity index is 3.07. The number of non-ortho nitro benzene ring substituents is 1. The highest BCUT2D eigenvalue weighted by Gasteiger charge is 2.03. The van der Waals surface area contributed by atoms with Crippen molar-refractivity contribution in [3.63, 3.8) is 0 Å². The van der Waals surface area contributed by atoms with Crippen molar-refractivity contribution in [1.82, 2.24) is 0 Å². The fraction of sp³-hybridized carbons (Fsp3) is 0. The molecule has 0 aromatic heterocycles. The summed E-state index contributed by atoms with van der Waals surface area (Å²) >= 11 is 0. The second kappa shape index (κ2) is 2.45. The lowest BCUT2D eigenvalue weighted by molar-refractivity contribution is -0.385. The summed E-state index contributed by atoms with van der Waals surface area (Å²) in [5, 5.41) is 10.1. The smallest absolute Gasteiger partial charge is 0.275 e. The minimum atomic E-state index is -0.436. The van der Waals surface area contributed by atoms with Gasteiger partial charge in [-0.05, 0) is 12.1 Å². The molecule has 10 heavy (non-hydrogen) atoms. The first kappa shape index (κ1) is 6.70. The van der Waals surface area contributed by atoms with Crippen LogP contribution in [0.4, 0.5) is 11.4 Å². The molecule has 0 bridgehead atoms. The average molecular weight is 139 g/mol. The van der Waals surface area contributed by atoms with Crippen molar-refractivity contribution in [2.45, 2.75) is 0 Å². The van der Waals surface area contributed by atoms with Crippen LogP contribution in [-0.4, -0.2) is 4.92 Å². The van der Waals surface area contributed by atoms with Crippen LogP contribution in [0, 0.1) is 10.1 Å². The standard InChI is InChI=1S/C6H6N2O2/c7-5-2-1-3-6(4-5)8(9)10/h1-4H,7H2/p+1. The number of hydrogen-bond donors (Lipinski definition) is 1. The van der Waals surface area contributed by atoms with Crippen LogP contribution in [0.1, 0.15) is 0 Å². The third-order valence-electron chi connectivity index (χ3n) is 1.12. The van der Waals surface area contributed by atoms with Gasteiger partial charge in [-0.15, -0.1) is 0 Å². The quantitative estimate of drug-likeness (QED) is 0.453. The van der Waals surface area contributed by atoms with Crippen molar-refractivity contribution in [2.75, 3.05) is 0 Å². The molecule has 0 aliphatic rings. The Morgan fingerprint density at radius 3 is 2.60 bits per heavy atom. The predicted octanol–water partition coefficient (Wildman–Crippen LogP) is 0.468. The molecule has 0 saturated heterocycles. The normalized spacial score (nSPS) is 9.30. The number of quaternary nitrogens is 1. The summed E-state index contributed by atoms with van der Waals surface area (Å²) in [6.07, 6.45) is 0. The number of nitro groups is 1. The highest BCUT2D eigenvalue weighted by Crippen LogP contribution is 2.12. The molecule has 1 aromatic carbocycles. The van der Waals surface area contributed by atoms with Gasteiger partial charge in [0.1, 0.15) is 5.69 Å². The number of rotatable bonds is 1. The van der Waals surface area contributed by atoms with E-state index in [1.807, 2.05) is 0 Å². The highest BCUT2D eigenvalue weighted by molar-refractivity contribution is 5.40. The lowest BCUT2D eigenvalue weighted by Gasteiger charge is -1.88. The van der Waals surface area contributed by atoms with E-state index in [-0.39, 0.29) is 5.69 Å². The van der Waals surface area contributed by atoms with Crippen LogP contribution in [0.2, 0.25) is 0 Å². The molecule has 0 radical (unpaired) electrons. The van der Waals surface area contributed by atoms with E-state index in [9.17, 15) is 10.1 Å². The molecule has 52 valence electrons. The van der Waals surface area contributed by atoms with Crippen molar-refractivity contribution in [1.29, 1.82) is 0 Å². The van der Waals surface area contributed by atoms with Crippen molar-refractivity contribution < 1.29 is 10.7 Å². The first-order valence-electron chi connectivity index (χ1n) is 2.76. The lowest BCUT2D eigenvalue weighted by atomic mass is 10.3. The van der Waals surface area contributed by atoms with Gasteiger partial charge < -0.3 is 5.73 Å². The molecule has 0 aliphatic heterocycles. The monoisotopic (exact) mass is 139 g/mol. The number of benzene rings is 1. The minimum absolute atomic E-state index is 0.0903. The van der Waals surface area contributed by atoms with Crippen molar-refractivity contribution in [3.8, 4) is 0 Å². The second-order valence-electron chi connectivity index (χ2n) is 1.93. The van der Waals surface area contributed by atoms with Crippen LogP contribution in [0.5, 0.6) is 0 Å². The summed E-state index contributed by atoms with van der Waals surface area (Å²) in [7, 11) is 0. The van der Waals surface area contributed by atoms with E-state index in [0.717, 1.165) is 0 Å². The van der Waals surface area contributed by atoms with Crippen LogP contribution >= 0.6 is 0 Å². The van der Waals surface area contributed by atoms with E-state index in [2.05, 4.69) is 5.73 Å². The van der Waals surface area contributed by atoms with Crippen LogP contribution in [0.15, 0.2) is 24.3 Å². The molecular formula is C6H7N2O2+. The van der Waals surface area contributed by atoms with Crippen molar-refractivity contribution >= 4 is 11.4 Å². The molecule has 0 unspecified atom stereocenters. The van der Waals surface area contributed by atoms with Gasteiger partial charge in [-0.3, -0.25) is 10.1 Å². The van der Waals surface area contributed by atoms with E-state index in [0.29, 0.717) is 5.69 Å². The average Bonchev–Trinajstić information content (AvgIpc) is 1.88. The maximum atomic E-state index is 10.1. The van der Waals surface area contributed by atoms with Crippen molar-refractivity contribution in [2.24, 2.45) is 0 Å². The van der Waals surface area contributed by atoms with Gasteiger partial charge >= 0.3 is 0 Å². The Bertz CT molecular complexity index is 260. The first-order chi connectivity index (χ1) is 4.70. The number of hydrogen-bond acceptors (Lipinski definition) is 2. The minimum Gasteiger partial charge on any atom is -0.325 e. The molecule has 1 rings (SSSR count). The molecule has 4 nitrogen and oxygen atoms in total. The maximum Gasteiger partial charge on any atom is 0.275 e. The molecule has 0 spiro atoms. The van der Waals surface area contributed by atoms with Gasteiger partial charge in [-0.1, -0.05) is 0 Å². The van der Waals surface area contributed by atoms with Crippen molar-refractivity contribution in [3.05, 3.63) is 34.4 Å². The molecule has 0 aliphatic carbocycles. The summed E-state index contributed by atoms with van der Waals surface area (Å²) in [5.74, 6) is 0. The Hall–Kier alpha value is -1.42. The van der Waals surface area contributed by atoms with Gasteiger partial charge in [0.25, 0.3) is 5.69 Å². The summed E-state index contributed by atoms with van der Waals surface area (Å²) in [5.41, 5.74) is 4.31. The predicted molar refractivity (Wildman–Crippen MR) is 35.6 cm³/mol. The molecule has 1 aromatic rings. The van der Waals surface area contributed by atoms with Gasteiger partial charge in [0.05, 0.1) is 11.0 Å². The molecule has 4 heteroatoms. The van der Waals surface area contributed by atoms with Crippen LogP contribution < -0.4 is 5.73 Å². The van der Waals surface area contributed by atoms with Gasteiger partial charge in [0.15, 0.2) is 0 Å². The number of nitro benzene ring substituents is 1.